The zero-order valence-electron chi connectivity index (χ0n) is 13.3. The van der Waals surface area contributed by atoms with Crippen LogP contribution in [0, 0.1) is 5.92 Å². The summed E-state index contributed by atoms with van der Waals surface area (Å²) < 4.78 is 6.51. The minimum atomic E-state index is -1.69. The van der Waals surface area contributed by atoms with Gasteiger partial charge in [0.05, 0.1) is 5.76 Å². The normalized spacial score (nSPS) is 22.1. The largest absolute Gasteiger partial charge is 0.547 e. The highest BCUT2D eigenvalue weighted by atomic mass is 28.4. The van der Waals surface area contributed by atoms with E-state index in [1.165, 1.54) is 29.7 Å². The predicted molar refractivity (Wildman–Crippen MR) is 83.1 cm³/mol. The lowest BCUT2D eigenvalue weighted by Gasteiger charge is -2.39. The summed E-state index contributed by atoms with van der Waals surface area (Å²) >= 11 is 0. The zero-order chi connectivity index (χ0) is 14.1. The van der Waals surface area contributed by atoms with Crippen molar-refractivity contribution in [1.29, 1.82) is 0 Å². The molecule has 2 heteroatoms. The van der Waals surface area contributed by atoms with Gasteiger partial charge in [0.1, 0.15) is 0 Å². The Labute approximate surface area is 114 Å². The Bertz CT molecular complexity index is 358. The third-order valence-electron chi connectivity index (χ3n) is 4.66. The van der Waals surface area contributed by atoms with Gasteiger partial charge in [-0.2, -0.15) is 0 Å². The smallest absolute Gasteiger partial charge is 0.250 e. The number of hydrogen-bond donors (Lipinski definition) is 0. The van der Waals surface area contributed by atoms with Crippen LogP contribution < -0.4 is 0 Å². The van der Waals surface area contributed by atoms with E-state index in [0.717, 1.165) is 6.42 Å². The fraction of sp³-hybridized carbons (Fsp3) is 0.750. The first-order chi connectivity index (χ1) is 8.04. The fourth-order valence-corrected chi connectivity index (χ4v) is 3.22. The van der Waals surface area contributed by atoms with Gasteiger partial charge in [0.15, 0.2) is 0 Å². The number of allylic oxidation sites excluding steroid dienone is 3. The van der Waals surface area contributed by atoms with Crippen LogP contribution in [0.4, 0.5) is 0 Å². The van der Waals surface area contributed by atoms with E-state index in [1.807, 2.05) is 0 Å². The summed E-state index contributed by atoms with van der Waals surface area (Å²) in [5.74, 6) is 1.88. The van der Waals surface area contributed by atoms with Crippen LogP contribution in [0.15, 0.2) is 23.5 Å². The maximum atomic E-state index is 6.51. The molecule has 18 heavy (non-hydrogen) atoms. The van der Waals surface area contributed by atoms with Crippen molar-refractivity contribution in [2.45, 2.75) is 72.0 Å². The molecule has 104 valence electrons. The van der Waals surface area contributed by atoms with E-state index in [0.29, 0.717) is 5.92 Å². The van der Waals surface area contributed by atoms with E-state index >= 15 is 0 Å². The summed E-state index contributed by atoms with van der Waals surface area (Å²) in [4.78, 5) is 0. The van der Waals surface area contributed by atoms with Crippen LogP contribution in [0.1, 0.15) is 53.9 Å². The van der Waals surface area contributed by atoms with E-state index in [2.05, 4.69) is 54.3 Å². The Morgan fingerprint density at radius 2 is 1.89 bits per heavy atom. The molecule has 0 saturated heterocycles. The summed E-state index contributed by atoms with van der Waals surface area (Å²) in [6.07, 6.45) is 3.47. The minimum Gasteiger partial charge on any atom is -0.547 e. The van der Waals surface area contributed by atoms with E-state index in [4.69, 9.17) is 4.43 Å². The second kappa shape index (κ2) is 5.24. The standard InChI is InChI=1S/C16H30OSi/c1-12(2)14-10-9-13(3)15(11-14)17-18(7,8)16(4,5)6/h14H,1,9-11H2,2-8H3/t14-/m1/s1. The van der Waals surface area contributed by atoms with Crippen molar-refractivity contribution in [3.05, 3.63) is 23.5 Å². The van der Waals surface area contributed by atoms with Crippen molar-refractivity contribution in [2.75, 3.05) is 0 Å². The Morgan fingerprint density at radius 3 is 2.33 bits per heavy atom. The molecule has 1 nitrogen and oxygen atoms in total. The summed E-state index contributed by atoms with van der Waals surface area (Å²) in [6.45, 7) is 20.1. The Hall–Kier alpha value is -0.503. The molecule has 0 aromatic carbocycles. The van der Waals surface area contributed by atoms with E-state index in [1.54, 1.807) is 0 Å². The van der Waals surface area contributed by atoms with Gasteiger partial charge in [-0.3, -0.25) is 0 Å². The molecule has 0 fully saturated rings. The van der Waals surface area contributed by atoms with Crippen LogP contribution >= 0.6 is 0 Å². The van der Waals surface area contributed by atoms with E-state index in [-0.39, 0.29) is 5.04 Å². The van der Waals surface area contributed by atoms with E-state index in [9.17, 15) is 0 Å². The van der Waals surface area contributed by atoms with Gasteiger partial charge in [0.25, 0.3) is 0 Å². The molecule has 1 aliphatic carbocycles. The molecule has 0 bridgehead atoms. The first-order valence-corrected chi connectivity index (χ1v) is 9.98. The monoisotopic (exact) mass is 266 g/mol. The second-order valence-corrected chi connectivity index (χ2v) is 12.1. The SMILES string of the molecule is C=C(C)[C@@H]1CCC(C)=C(O[Si](C)(C)C(C)(C)C)C1. The average molecular weight is 267 g/mol. The number of rotatable bonds is 3. The van der Waals surface area contributed by atoms with Gasteiger partial charge in [-0.25, -0.2) is 0 Å². The topological polar surface area (TPSA) is 9.23 Å². The first-order valence-electron chi connectivity index (χ1n) is 7.07. The van der Waals surface area contributed by atoms with Crippen LogP contribution in [0.3, 0.4) is 0 Å². The molecule has 0 aromatic rings. The van der Waals surface area contributed by atoms with Gasteiger partial charge < -0.3 is 4.43 Å². The zero-order valence-corrected chi connectivity index (χ0v) is 14.3. The summed E-state index contributed by atoms with van der Waals surface area (Å²) in [5.41, 5.74) is 2.76. The lowest BCUT2D eigenvalue weighted by molar-refractivity contribution is 0.320. The van der Waals surface area contributed by atoms with Gasteiger partial charge in [-0.1, -0.05) is 32.9 Å². The molecule has 0 unspecified atom stereocenters. The highest BCUT2D eigenvalue weighted by Gasteiger charge is 2.40. The predicted octanol–water partition coefficient (Wildman–Crippen LogP) is 5.66. The summed E-state index contributed by atoms with van der Waals surface area (Å²) in [6, 6.07) is 0. The van der Waals surface area contributed by atoms with Gasteiger partial charge >= 0.3 is 0 Å². The summed E-state index contributed by atoms with van der Waals surface area (Å²) in [5, 5.41) is 0.274. The molecule has 0 heterocycles. The second-order valence-electron chi connectivity index (χ2n) is 7.35. The van der Waals surface area contributed by atoms with Crippen molar-refractivity contribution < 1.29 is 4.43 Å². The van der Waals surface area contributed by atoms with Crippen LogP contribution in [-0.4, -0.2) is 8.32 Å². The van der Waals surface area contributed by atoms with Crippen LogP contribution in [0.25, 0.3) is 0 Å². The van der Waals surface area contributed by atoms with Gasteiger partial charge in [0.2, 0.25) is 8.32 Å². The Balaban J connectivity index is 2.86. The van der Waals surface area contributed by atoms with Gasteiger partial charge in [-0.05, 0) is 56.3 Å². The maximum Gasteiger partial charge on any atom is 0.250 e. The van der Waals surface area contributed by atoms with Gasteiger partial charge in [-0.15, -0.1) is 0 Å². The Morgan fingerprint density at radius 1 is 1.33 bits per heavy atom. The fourth-order valence-electron chi connectivity index (χ4n) is 2.04. The minimum absolute atomic E-state index is 0.274. The molecular formula is C16H30OSi. The molecule has 1 atom stereocenters. The molecule has 0 aromatic heterocycles. The molecular weight excluding hydrogens is 236 g/mol. The third kappa shape index (κ3) is 3.50. The maximum absolute atomic E-state index is 6.51. The molecule has 0 spiro atoms. The van der Waals surface area contributed by atoms with E-state index < -0.39 is 8.32 Å². The summed E-state index contributed by atoms with van der Waals surface area (Å²) in [7, 11) is -1.69. The Kier molecular flexibility index (Phi) is 4.53. The average Bonchev–Trinajstić information content (AvgIpc) is 2.18. The molecule has 0 saturated carbocycles. The van der Waals surface area contributed by atoms with Crippen molar-refractivity contribution >= 4 is 8.32 Å². The van der Waals surface area contributed by atoms with Crippen molar-refractivity contribution in [3.63, 3.8) is 0 Å². The molecule has 1 rings (SSSR count). The highest BCUT2D eigenvalue weighted by Crippen LogP contribution is 2.41. The third-order valence-corrected chi connectivity index (χ3v) is 9.03. The molecule has 0 aliphatic heterocycles. The van der Waals surface area contributed by atoms with Crippen LogP contribution in [-0.2, 0) is 4.43 Å². The molecule has 0 amide bonds. The highest BCUT2D eigenvalue weighted by molar-refractivity contribution is 6.74. The first kappa shape index (κ1) is 15.6. The lowest BCUT2D eigenvalue weighted by atomic mass is 9.85. The van der Waals surface area contributed by atoms with Crippen molar-refractivity contribution in [1.82, 2.24) is 0 Å². The van der Waals surface area contributed by atoms with Crippen LogP contribution in [0.5, 0.6) is 0 Å². The molecule has 0 N–H and O–H groups in total. The molecule has 0 radical (unpaired) electrons. The van der Waals surface area contributed by atoms with Crippen LogP contribution in [0.2, 0.25) is 18.1 Å². The van der Waals surface area contributed by atoms with Gasteiger partial charge in [0, 0.05) is 6.42 Å². The van der Waals surface area contributed by atoms with Crippen molar-refractivity contribution in [2.24, 2.45) is 5.92 Å². The number of hydrogen-bond acceptors (Lipinski definition) is 1. The molecule has 1 aliphatic rings. The quantitative estimate of drug-likeness (QED) is 0.473. The van der Waals surface area contributed by atoms with Crippen molar-refractivity contribution in [3.8, 4) is 0 Å². The lowest BCUT2D eigenvalue weighted by Crippen LogP contribution is -2.41.